The number of hydrogen-bond acceptors (Lipinski definition) is 3. The molecule has 0 radical (unpaired) electrons. The third-order valence-corrected chi connectivity index (χ3v) is 3.33. The van der Waals surface area contributed by atoms with E-state index in [0.29, 0.717) is 0 Å². The molecule has 0 saturated carbocycles. The van der Waals surface area contributed by atoms with Crippen molar-refractivity contribution in [2.24, 2.45) is 0 Å². The maximum absolute atomic E-state index is 5.96. The first kappa shape index (κ1) is 10.1. The van der Waals surface area contributed by atoms with Crippen LogP contribution in [0.25, 0.3) is 0 Å². The van der Waals surface area contributed by atoms with Gasteiger partial charge in [0, 0.05) is 7.05 Å². The summed E-state index contributed by atoms with van der Waals surface area (Å²) in [6.45, 7) is 2.07. The molecule has 0 saturated heterocycles. The Bertz CT molecular complexity index is 449. The maximum Gasteiger partial charge on any atom is 0.0951 e. The lowest BCUT2D eigenvalue weighted by Crippen LogP contribution is -2.10. The van der Waals surface area contributed by atoms with Crippen LogP contribution in [-0.2, 0) is 0 Å². The predicted molar refractivity (Wildman–Crippen MR) is 68.0 cm³/mol. The van der Waals surface area contributed by atoms with Crippen LogP contribution in [0, 0.1) is 6.92 Å². The lowest BCUT2D eigenvalue weighted by molar-refractivity contribution is 1.23. The average molecular weight is 218 g/mol. The molecule has 15 heavy (non-hydrogen) atoms. The lowest BCUT2D eigenvalue weighted by Gasteiger charge is -2.19. The molecule has 2 N–H and O–H groups in total. The summed E-state index contributed by atoms with van der Waals surface area (Å²) < 4.78 is 0. The van der Waals surface area contributed by atoms with Crippen molar-refractivity contribution in [1.29, 1.82) is 0 Å². The molecule has 0 aliphatic carbocycles. The predicted octanol–water partition coefficient (Wildman–Crippen LogP) is 3.41. The van der Waals surface area contributed by atoms with E-state index in [1.807, 2.05) is 25.2 Å². The number of benzene rings is 1. The molecule has 0 fully saturated rings. The van der Waals surface area contributed by atoms with E-state index in [9.17, 15) is 0 Å². The minimum Gasteiger partial charge on any atom is -0.397 e. The van der Waals surface area contributed by atoms with Crippen LogP contribution in [0.5, 0.6) is 0 Å². The van der Waals surface area contributed by atoms with Gasteiger partial charge in [-0.05, 0) is 42.1 Å². The molecule has 1 heterocycles. The van der Waals surface area contributed by atoms with Crippen LogP contribution in [0.15, 0.2) is 35.7 Å². The van der Waals surface area contributed by atoms with Crippen molar-refractivity contribution in [2.45, 2.75) is 6.92 Å². The molecule has 78 valence electrons. The van der Waals surface area contributed by atoms with Crippen LogP contribution in [0.1, 0.15) is 5.56 Å². The van der Waals surface area contributed by atoms with Gasteiger partial charge in [-0.2, -0.15) is 0 Å². The number of nitrogens with zero attached hydrogens (tertiary/aromatic N) is 1. The Kier molecular flexibility index (Phi) is 2.64. The molecule has 0 bridgehead atoms. The highest BCUT2D eigenvalue weighted by Crippen LogP contribution is 2.32. The van der Waals surface area contributed by atoms with Crippen molar-refractivity contribution >= 4 is 27.7 Å². The number of nitrogens with two attached hydrogens (primary N) is 1. The van der Waals surface area contributed by atoms with E-state index in [1.165, 1.54) is 10.6 Å². The van der Waals surface area contributed by atoms with Gasteiger partial charge in [-0.3, -0.25) is 0 Å². The molecular formula is C12H14N2S. The van der Waals surface area contributed by atoms with Gasteiger partial charge in [-0.25, -0.2) is 0 Å². The van der Waals surface area contributed by atoms with E-state index >= 15 is 0 Å². The minimum atomic E-state index is 0.816. The Labute approximate surface area is 94.0 Å². The number of anilines is 3. The summed E-state index contributed by atoms with van der Waals surface area (Å²) in [6, 6.07) is 10.2. The van der Waals surface area contributed by atoms with Crippen LogP contribution in [-0.4, -0.2) is 7.05 Å². The Hall–Kier alpha value is -1.48. The summed E-state index contributed by atoms with van der Waals surface area (Å²) in [5, 5.41) is 3.27. The molecule has 2 nitrogen and oxygen atoms in total. The largest absolute Gasteiger partial charge is 0.397 e. The van der Waals surface area contributed by atoms with Gasteiger partial charge in [0.05, 0.1) is 16.4 Å². The number of hydrogen-bond donors (Lipinski definition) is 1. The Morgan fingerprint density at radius 1 is 1.27 bits per heavy atom. The van der Waals surface area contributed by atoms with E-state index in [0.717, 1.165) is 11.4 Å². The first-order valence-corrected chi connectivity index (χ1v) is 5.70. The maximum atomic E-state index is 5.96. The molecule has 3 heteroatoms. The van der Waals surface area contributed by atoms with E-state index in [-0.39, 0.29) is 0 Å². The summed E-state index contributed by atoms with van der Waals surface area (Å²) in [5.41, 5.74) is 9.07. The second-order valence-corrected chi connectivity index (χ2v) is 4.50. The summed E-state index contributed by atoms with van der Waals surface area (Å²) in [6.07, 6.45) is 0. The Morgan fingerprint density at radius 2 is 2.07 bits per heavy atom. The molecule has 0 atom stereocenters. The fraction of sp³-hybridized carbons (Fsp3) is 0.167. The zero-order valence-corrected chi connectivity index (χ0v) is 9.71. The highest BCUT2D eigenvalue weighted by atomic mass is 32.1. The second-order valence-electron chi connectivity index (χ2n) is 3.57. The molecule has 0 spiro atoms. The molecule has 1 aromatic carbocycles. The van der Waals surface area contributed by atoms with Gasteiger partial charge in [0.2, 0.25) is 0 Å². The lowest BCUT2D eigenvalue weighted by atomic mass is 10.2. The molecular weight excluding hydrogens is 204 g/mol. The Morgan fingerprint density at radius 3 is 2.73 bits per heavy atom. The zero-order valence-electron chi connectivity index (χ0n) is 8.90. The number of aryl methyl sites for hydroxylation is 1. The highest BCUT2D eigenvalue weighted by Gasteiger charge is 2.07. The van der Waals surface area contributed by atoms with Crippen molar-refractivity contribution in [2.75, 3.05) is 17.7 Å². The number of nitrogen functional groups attached to an aromatic ring is 1. The first-order valence-electron chi connectivity index (χ1n) is 4.82. The van der Waals surface area contributed by atoms with Crippen LogP contribution in [0.3, 0.4) is 0 Å². The summed E-state index contributed by atoms with van der Waals surface area (Å²) in [7, 11) is 2.04. The average Bonchev–Trinajstić information content (AvgIpc) is 2.74. The molecule has 0 aliphatic rings. The molecule has 2 rings (SSSR count). The highest BCUT2D eigenvalue weighted by molar-refractivity contribution is 7.14. The number of thiophene rings is 1. The normalized spacial score (nSPS) is 10.3. The van der Waals surface area contributed by atoms with Gasteiger partial charge >= 0.3 is 0 Å². The SMILES string of the molecule is Cc1ccc(N)c(N(C)c2cccs2)c1. The summed E-state index contributed by atoms with van der Waals surface area (Å²) in [5.74, 6) is 0. The zero-order chi connectivity index (χ0) is 10.8. The monoisotopic (exact) mass is 218 g/mol. The van der Waals surface area contributed by atoms with Crippen LogP contribution >= 0.6 is 11.3 Å². The summed E-state index contributed by atoms with van der Waals surface area (Å²) in [4.78, 5) is 2.12. The Balaban J connectivity index is 2.41. The molecule has 0 aliphatic heterocycles. The van der Waals surface area contributed by atoms with Crippen LogP contribution in [0.4, 0.5) is 16.4 Å². The number of rotatable bonds is 2. The van der Waals surface area contributed by atoms with E-state index < -0.39 is 0 Å². The molecule has 1 aromatic heterocycles. The van der Waals surface area contributed by atoms with E-state index in [1.54, 1.807) is 11.3 Å². The van der Waals surface area contributed by atoms with Gasteiger partial charge in [-0.15, -0.1) is 11.3 Å². The molecule has 2 aromatic rings. The quantitative estimate of drug-likeness (QED) is 0.783. The third-order valence-electron chi connectivity index (χ3n) is 2.38. The van der Waals surface area contributed by atoms with Gasteiger partial charge in [-0.1, -0.05) is 6.07 Å². The molecule has 0 unspecified atom stereocenters. The van der Waals surface area contributed by atoms with Gasteiger partial charge in [0.15, 0.2) is 0 Å². The van der Waals surface area contributed by atoms with Gasteiger partial charge in [0.25, 0.3) is 0 Å². The van der Waals surface area contributed by atoms with E-state index in [4.69, 9.17) is 5.73 Å². The summed E-state index contributed by atoms with van der Waals surface area (Å²) >= 11 is 1.71. The topological polar surface area (TPSA) is 29.3 Å². The second kappa shape index (κ2) is 3.95. The standard InChI is InChI=1S/C12H14N2S/c1-9-5-6-10(13)11(8-9)14(2)12-4-3-7-15-12/h3-8H,13H2,1-2H3. The van der Waals surface area contributed by atoms with Crippen LogP contribution in [0.2, 0.25) is 0 Å². The van der Waals surface area contributed by atoms with Crippen LogP contribution < -0.4 is 10.6 Å². The van der Waals surface area contributed by atoms with Crippen molar-refractivity contribution < 1.29 is 0 Å². The van der Waals surface area contributed by atoms with Crippen molar-refractivity contribution in [3.8, 4) is 0 Å². The third kappa shape index (κ3) is 1.97. The fourth-order valence-electron chi connectivity index (χ4n) is 1.52. The van der Waals surface area contributed by atoms with Crippen molar-refractivity contribution in [3.63, 3.8) is 0 Å². The fourth-order valence-corrected chi connectivity index (χ4v) is 2.23. The van der Waals surface area contributed by atoms with Gasteiger partial charge < -0.3 is 10.6 Å². The van der Waals surface area contributed by atoms with Crippen molar-refractivity contribution in [1.82, 2.24) is 0 Å². The molecule has 0 amide bonds. The van der Waals surface area contributed by atoms with E-state index in [2.05, 4.69) is 29.3 Å². The smallest absolute Gasteiger partial charge is 0.0951 e. The first-order chi connectivity index (χ1) is 7.18. The minimum absolute atomic E-state index is 0.816. The van der Waals surface area contributed by atoms with Crippen molar-refractivity contribution in [3.05, 3.63) is 41.3 Å². The van der Waals surface area contributed by atoms with Gasteiger partial charge in [0.1, 0.15) is 0 Å².